The van der Waals surface area contributed by atoms with E-state index in [4.69, 9.17) is 32.7 Å². The zero-order chi connectivity index (χ0) is 15.5. The Morgan fingerprint density at radius 1 is 1.14 bits per heavy atom. The molecule has 126 valence electrons. The molecule has 0 atom stereocenters. The number of carbonyl (C=O) groups is 1. The van der Waals surface area contributed by atoms with Crippen LogP contribution in [0, 0.1) is 0 Å². The van der Waals surface area contributed by atoms with E-state index in [0.29, 0.717) is 42.1 Å². The molecule has 5 nitrogen and oxygen atoms in total. The Morgan fingerprint density at radius 2 is 1.91 bits per heavy atom. The average Bonchev–Trinajstić information content (AvgIpc) is 2.46. The molecule has 0 spiro atoms. The van der Waals surface area contributed by atoms with Gasteiger partial charge >= 0.3 is 0 Å². The number of amides is 1. The number of halogens is 3. The first-order chi connectivity index (χ1) is 10.1. The van der Waals surface area contributed by atoms with Crippen molar-refractivity contribution in [1.29, 1.82) is 0 Å². The van der Waals surface area contributed by atoms with Crippen LogP contribution in [0.15, 0.2) is 18.2 Å². The first kappa shape index (κ1) is 21.3. The molecule has 0 aliphatic carbocycles. The number of hydrogen-bond acceptors (Lipinski definition) is 4. The largest absolute Gasteiger partial charge is 0.493 e. The molecule has 0 bridgehead atoms. The summed E-state index contributed by atoms with van der Waals surface area (Å²) >= 11 is 11.7. The van der Waals surface area contributed by atoms with Crippen molar-refractivity contribution < 1.29 is 14.3 Å². The van der Waals surface area contributed by atoms with Gasteiger partial charge in [-0.15, -0.1) is 12.4 Å². The molecule has 1 amide bonds. The van der Waals surface area contributed by atoms with Crippen LogP contribution in [-0.2, 0) is 9.53 Å². The predicted octanol–water partition coefficient (Wildman–Crippen LogP) is 2.54. The molecule has 8 heteroatoms. The molecule has 0 fully saturated rings. The first-order valence-electron chi connectivity index (χ1n) is 6.67. The maximum absolute atomic E-state index is 11.6. The molecule has 0 saturated heterocycles. The molecule has 1 rings (SSSR count). The minimum absolute atomic E-state index is 0. The molecule has 2 N–H and O–H groups in total. The van der Waals surface area contributed by atoms with E-state index in [1.54, 1.807) is 25.3 Å². The second kappa shape index (κ2) is 12.8. The molecular weight excluding hydrogens is 351 g/mol. The van der Waals surface area contributed by atoms with Crippen molar-refractivity contribution >= 4 is 41.5 Å². The lowest BCUT2D eigenvalue weighted by Crippen LogP contribution is -2.33. The lowest BCUT2D eigenvalue weighted by molar-refractivity contribution is -0.121. The Balaban J connectivity index is 0.00000441. The molecular formula is C14H21Cl3N2O3. The molecule has 0 aliphatic rings. The lowest BCUT2D eigenvalue weighted by atomic mass is 10.3. The lowest BCUT2D eigenvalue weighted by Gasteiger charge is -2.08. The van der Waals surface area contributed by atoms with Gasteiger partial charge in [0, 0.05) is 32.8 Å². The Morgan fingerprint density at radius 3 is 2.59 bits per heavy atom. The molecule has 22 heavy (non-hydrogen) atoms. The third-order valence-corrected chi connectivity index (χ3v) is 3.33. The zero-order valence-electron chi connectivity index (χ0n) is 12.4. The van der Waals surface area contributed by atoms with E-state index in [1.807, 2.05) is 0 Å². The van der Waals surface area contributed by atoms with Gasteiger partial charge in [-0.25, -0.2) is 0 Å². The van der Waals surface area contributed by atoms with Crippen molar-refractivity contribution in [2.75, 3.05) is 40.0 Å². The van der Waals surface area contributed by atoms with Crippen molar-refractivity contribution in [2.45, 2.75) is 6.42 Å². The Labute approximate surface area is 147 Å². The van der Waals surface area contributed by atoms with Crippen molar-refractivity contribution in [3.8, 4) is 5.75 Å². The van der Waals surface area contributed by atoms with Crippen LogP contribution in [-0.4, -0.2) is 45.9 Å². The van der Waals surface area contributed by atoms with Crippen LogP contribution in [0.1, 0.15) is 6.42 Å². The predicted molar refractivity (Wildman–Crippen MR) is 91.6 cm³/mol. The van der Waals surface area contributed by atoms with E-state index in [9.17, 15) is 4.79 Å². The summed E-state index contributed by atoms with van der Waals surface area (Å²) in [4.78, 5) is 11.6. The van der Waals surface area contributed by atoms with Gasteiger partial charge in [0.15, 0.2) is 0 Å². The van der Waals surface area contributed by atoms with E-state index in [1.165, 1.54) is 0 Å². The standard InChI is InChI=1S/C14H20Cl2N2O3.ClH/c1-20-9-7-17-5-6-18-14(19)4-8-21-11-2-3-12(15)13(16)10-11;/h2-3,10,17H,4-9H2,1H3,(H,18,19);1H. The fourth-order valence-corrected chi connectivity index (χ4v) is 1.79. The van der Waals surface area contributed by atoms with Gasteiger partial charge in [-0.05, 0) is 12.1 Å². The molecule has 0 aliphatic heterocycles. The molecule has 0 unspecified atom stereocenters. The van der Waals surface area contributed by atoms with Gasteiger partial charge in [0.05, 0.1) is 29.7 Å². The second-order valence-corrected chi connectivity index (χ2v) is 5.08. The van der Waals surface area contributed by atoms with Gasteiger partial charge in [0.1, 0.15) is 5.75 Å². The van der Waals surface area contributed by atoms with Crippen molar-refractivity contribution in [3.05, 3.63) is 28.2 Å². The quantitative estimate of drug-likeness (QED) is 0.621. The normalized spacial score (nSPS) is 9.95. The fourth-order valence-electron chi connectivity index (χ4n) is 1.51. The van der Waals surface area contributed by atoms with E-state index < -0.39 is 0 Å². The maximum Gasteiger partial charge on any atom is 0.223 e. The van der Waals surface area contributed by atoms with Crippen LogP contribution in [0.4, 0.5) is 0 Å². The molecule has 1 aromatic carbocycles. The molecule has 0 aromatic heterocycles. The van der Waals surface area contributed by atoms with Gasteiger partial charge in [-0.3, -0.25) is 4.79 Å². The monoisotopic (exact) mass is 370 g/mol. The summed E-state index contributed by atoms with van der Waals surface area (Å²) in [5.41, 5.74) is 0. The number of benzene rings is 1. The summed E-state index contributed by atoms with van der Waals surface area (Å²) in [6.45, 7) is 3.01. The highest BCUT2D eigenvalue weighted by atomic mass is 35.5. The summed E-state index contributed by atoms with van der Waals surface area (Å²) in [6.07, 6.45) is 0.290. The summed E-state index contributed by atoms with van der Waals surface area (Å²) in [5.74, 6) is 0.544. The topological polar surface area (TPSA) is 59.6 Å². The van der Waals surface area contributed by atoms with Gasteiger partial charge in [0.2, 0.25) is 5.91 Å². The zero-order valence-corrected chi connectivity index (χ0v) is 14.7. The van der Waals surface area contributed by atoms with E-state index in [-0.39, 0.29) is 24.7 Å². The molecule has 1 aromatic rings. The van der Waals surface area contributed by atoms with Crippen LogP contribution < -0.4 is 15.4 Å². The molecule has 0 heterocycles. The summed E-state index contributed by atoms with van der Waals surface area (Å²) in [7, 11) is 1.65. The van der Waals surface area contributed by atoms with Gasteiger partial charge < -0.3 is 20.1 Å². The van der Waals surface area contributed by atoms with Crippen molar-refractivity contribution in [2.24, 2.45) is 0 Å². The second-order valence-electron chi connectivity index (χ2n) is 4.27. The number of hydrogen-bond donors (Lipinski definition) is 2. The number of rotatable bonds is 10. The highest BCUT2D eigenvalue weighted by Crippen LogP contribution is 2.26. The third-order valence-electron chi connectivity index (χ3n) is 2.60. The van der Waals surface area contributed by atoms with Crippen LogP contribution in [0.3, 0.4) is 0 Å². The summed E-state index contributed by atoms with van der Waals surface area (Å²) in [6, 6.07) is 5.00. The molecule has 0 saturated carbocycles. The van der Waals surface area contributed by atoms with Crippen LogP contribution >= 0.6 is 35.6 Å². The minimum atomic E-state index is -0.0522. The van der Waals surface area contributed by atoms with Crippen LogP contribution in [0.5, 0.6) is 5.75 Å². The number of methoxy groups -OCH3 is 1. The number of carbonyl (C=O) groups excluding carboxylic acids is 1. The van der Waals surface area contributed by atoms with Crippen LogP contribution in [0.2, 0.25) is 10.0 Å². The van der Waals surface area contributed by atoms with Crippen molar-refractivity contribution in [1.82, 2.24) is 10.6 Å². The van der Waals surface area contributed by atoms with Gasteiger partial charge in [-0.1, -0.05) is 23.2 Å². The third kappa shape index (κ3) is 9.33. The van der Waals surface area contributed by atoms with E-state index in [0.717, 1.165) is 6.54 Å². The van der Waals surface area contributed by atoms with E-state index >= 15 is 0 Å². The highest BCUT2D eigenvalue weighted by Gasteiger charge is 2.03. The SMILES string of the molecule is COCCNCCNC(=O)CCOc1ccc(Cl)c(Cl)c1.Cl. The maximum atomic E-state index is 11.6. The molecule has 0 radical (unpaired) electrons. The smallest absolute Gasteiger partial charge is 0.223 e. The Bertz CT molecular complexity index is 447. The average molecular weight is 372 g/mol. The number of nitrogens with one attached hydrogen (secondary N) is 2. The highest BCUT2D eigenvalue weighted by molar-refractivity contribution is 6.42. The Hall–Kier alpha value is -0.720. The Kier molecular flexibility index (Phi) is 12.4. The first-order valence-corrected chi connectivity index (χ1v) is 7.43. The van der Waals surface area contributed by atoms with Gasteiger partial charge in [0.25, 0.3) is 0 Å². The van der Waals surface area contributed by atoms with E-state index in [2.05, 4.69) is 10.6 Å². The van der Waals surface area contributed by atoms with Crippen molar-refractivity contribution in [3.63, 3.8) is 0 Å². The fraction of sp³-hybridized carbons (Fsp3) is 0.500. The number of ether oxygens (including phenoxy) is 2. The summed E-state index contributed by atoms with van der Waals surface area (Å²) < 4.78 is 10.3. The van der Waals surface area contributed by atoms with Crippen LogP contribution in [0.25, 0.3) is 0 Å². The summed E-state index contributed by atoms with van der Waals surface area (Å²) in [5, 5.41) is 6.84. The minimum Gasteiger partial charge on any atom is -0.493 e. The van der Waals surface area contributed by atoms with Gasteiger partial charge in [-0.2, -0.15) is 0 Å².